The summed E-state index contributed by atoms with van der Waals surface area (Å²) in [6, 6.07) is 28.0. The van der Waals surface area contributed by atoms with Gasteiger partial charge in [0.25, 0.3) is 0 Å². The number of likely N-dealkylation sites (N-methyl/N-ethyl adjacent to an activating group) is 2. The molecule has 29 heteroatoms. The SMILES string of the molecule is CCCCc1nc2c([nH]1)c(N)cc1cccc(CCCCCN(C)CCOCCC(C)=O)c12.CCCCc1nc2c([nH]1)c(N)nc1cc(CCCCCN(C)CCOCCC(C)=O)ccc12.CCCCc1nc2c([nH]1)c(N)nc1ccc(N3CCN(CCOCCC(C)=O)CC3)cc12.CCCCn1cc2c(n1)c(N)nc1cc(N3CCN(CCOCCC(C)=O)CC3)ccc12. The number of nitrogen functional groups attached to an aromatic ring is 4. The Hall–Kier alpha value is -10.4. The molecule has 2 aliphatic rings. The number of Topliss-reactive ketones (excluding diaryl/α,β-unsaturated/α-hetero) is 4. The Morgan fingerprint density at radius 1 is 0.392 bits per heavy atom. The third-order valence-corrected chi connectivity index (χ3v) is 24.6. The fourth-order valence-electron chi connectivity index (χ4n) is 16.7. The van der Waals surface area contributed by atoms with E-state index >= 15 is 0 Å². The molecule has 2 saturated heterocycles. The van der Waals surface area contributed by atoms with Crippen molar-refractivity contribution in [2.45, 2.75) is 210 Å². The number of nitrogens with one attached hydrogen (secondary N) is 3. The predicted octanol–water partition coefficient (Wildman–Crippen LogP) is 16.2. The smallest absolute Gasteiger partial charge is 0.152 e. The molecule has 0 unspecified atom stereocenters. The first-order valence-electron chi connectivity index (χ1n) is 48.1. The minimum absolute atomic E-state index is 0.177. The minimum Gasteiger partial charge on any atom is -0.397 e. The van der Waals surface area contributed by atoms with E-state index in [1.807, 2.05) is 4.68 Å². The predicted molar refractivity (Wildman–Crippen MR) is 532 cm³/mol. The summed E-state index contributed by atoms with van der Waals surface area (Å²) in [6.45, 7) is 34.4. The number of aromatic nitrogens is 11. The van der Waals surface area contributed by atoms with Crippen LogP contribution in [0.2, 0.25) is 0 Å². The monoisotopic (exact) mass is 1780 g/mol. The molecule has 9 heterocycles. The molecule has 11 N–H and O–H groups in total. The van der Waals surface area contributed by atoms with Crippen molar-refractivity contribution in [1.82, 2.24) is 74.2 Å². The van der Waals surface area contributed by atoms with Crippen molar-refractivity contribution in [1.29, 1.82) is 0 Å². The molecule has 0 aliphatic carbocycles. The second kappa shape index (κ2) is 52.0. The maximum absolute atomic E-state index is 11.0. The molecule has 2 fully saturated rings. The normalized spacial score (nSPS) is 13.4. The van der Waals surface area contributed by atoms with E-state index in [0.717, 1.165) is 301 Å². The van der Waals surface area contributed by atoms with E-state index in [4.69, 9.17) is 56.8 Å². The van der Waals surface area contributed by atoms with Gasteiger partial charge in [0.2, 0.25) is 0 Å². The van der Waals surface area contributed by atoms with Gasteiger partial charge in [-0.05, 0) is 178 Å². The number of H-pyrrole nitrogens is 3. The molecule has 2 aliphatic heterocycles. The lowest BCUT2D eigenvalue weighted by Gasteiger charge is -2.36. The zero-order valence-electron chi connectivity index (χ0n) is 79.4. The molecule has 0 spiro atoms. The Labute approximate surface area is 768 Å². The number of imidazole rings is 3. The third kappa shape index (κ3) is 30.1. The molecule has 0 amide bonds. The molecule has 0 bridgehead atoms. The number of ketones is 4. The third-order valence-electron chi connectivity index (χ3n) is 24.6. The zero-order valence-corrected chi connectivity index (χ0v) is 79.4. The van der Waals surface area contributed by atoms with Crippen molar-refractivity contribution in [3.63, 3.8) is 0 Å². The lowest BCUT2D eigenvalue weighted by Crippen LogP contribution is -2.47. The number of aryl methyl sites for hydroxylation is 6. The number of fused-ring (bicyclic) bond motifs is 12. The molecule has 14 rings (SSSR count). The van der Waals surface area contributed by atoms with Gasteiger partial charge in [-0.2, -0.15) is 5.10 Å². The number of nitrogens with two attached hydrogens (primary N) is 4. The Balaban J connectivity index is 0.000000168. The number of carbonyl (C=O) groups excluding carboxylic acids is 4. The highest BCUT2D eigenvalue weighted by atomic mass is 16.5. The standard InChI is InChI=1S/C27H40N4O2.C26H39N5O2.2C24H34N6O2/c1-4-5-13-24-29-26-23(28)19-22-12-9-11-21(25(22)27(26)30-24)10-7-6-8-15-31(3)16-18-33-17-14-20(2)32;1-4-5-10-23-29-24-21-12-11-20(18-22(21)28-26(27)25(24)30-23)9-7-6-8-14-31(3)15-17-33-16-13-19(2)32;1-3-4-8-30-17-21-20-6-5-19(16-22(20)26-24(25)23(21)27-30)29-11-9-28(10-12-29)13-15-32-14-7-18(2)31;1-3-4-5-21-27-22-19-16-18(6-7-20(19)26-24(25)23(22)28-21)30-11-9-29(10-12-30)13-15-32-14-8-17(2)31/h9,11-12,19H,4-8,10,13-18,28H2,1-3H3,(H,29,30);11-12,18H,4-10,13-17H2,1-3H3,(H2,27,28)(H,29,30);5-6,16-17H,3-4,7-15H2,1-2H3,(H2,25,26);6-7,16H,3-5,8-15H2,1-2H3,(H2,25,26)(H,27,28). The first kappa shape index (κ1) is 100. The second-order valence-electron chi connectivity index (χ2n) is 35.4. The van der Waals surface area contributed by atoms with Crippen molar-refractivity contribution >= 4 is 145 Å². The van der Waals surface area contributed by atoms with E-state index in [1.54, 1.807) is 27.7 Å². The van der Waals surface area contributed by atoms with Gasteiger partial charge in [0.05, 0.1) is 86.1 Å². The average molecular weight is 1780 g/mol. The van der Waals surface area contributed by atoms with Crippen LogP contribution in [0.5, 0.6) is 0 Å². The number of benzene rings is 5. The van der Waals surface area contributed by atoms with Gasteiger partial charge < -0.3 is 76.4 Å². The van der Waals surface area contributed by atoms with Gasteiger partial charge in [0.1, 0.15) is 79.8 Å². The summed E-state index contributed by atoms with van der Waals surface area (Å²) < 4.78 is 24.2. The summed E-state index contributed by atoms with van der Waals surface area (Å²) in [5.41, 5.74) is 39.9. The summed E-state index contributed by atoms with van der Waals surface area (Å²) in [6.07, 6.45) is 25.0. The van der Waals surface area contributed by atoms with Gasteiger partial charge in [0.15, 0.2) is 5.82 Å². The Morgan fingerprint density at radius 3 is 1.40 bits per heavy atom. The molecule has 29 nitrogen and oxygen atoms in total. The molecule has 0 saturated carbocycles. The lowest BCUT2D eigenvalue weighted by molar-refractivity contribution is -0.119. The Bertz CT molecular complexity index is 5580. The van der Waals surface area contributed by atoms with Crippen LogP contribution in [0.1, 0.15) is 200 Å². The van der Waals surface area contributed by atoms with Crippen LogP contribution >= 0.6 is 0 Å². The average Bonchev–Trinajstić information content (AvgIpc) is 1.64. The van der Waals surface area contributed by atoms with Crippen molar-refractivity contribution in [3.05, 3.63) is 114 Å². The lowest BCUT2D eigenvalue weighted by atomic mass is 9.98. The molecule has 12 aromatic rings. The highest BCUT2D eigenvalue weighted by molar-refractivity contribution is 6.12. The Kier molecular flexibility index (Phi) is 40.1. The van der Waals surface area contributed by atoms with Crippen molar-refractivity contribution in [2.24, 2.45) is 0 Å². The zero-order chi connectivity index (χ0) is 92.3. The van der Waals surface area contributed by atoms with Crippen LogP contribution < -0.4 is 32.7 Å². The van der Waals surface area contributed by atoms with Crippen LogP contribution in [-0.4, -0.2) is 256 Å². The fourth-order valence-corrected chi connectivity index (χ4v) is 16.7. The maximum atomic E-state index is 11.0. The second-order valence-corrected chi connectivity index (χ2v) is 35.4. The highest BCUT2D eigenvalue weighted by Crippen LogP contribution is 2.36. The summed E-state index contributed by atoms with van der Waals surface area (Å²) in [7, 11) is 4.26. The molecule has 0 radical (unpaired) electrons. The largest absolute Gasteiger partial charge is 0.397 e. The van der Waals surface area contributed by atoms with E-state index in [1.165, 1.54) is 52.5 Å². The van der Waals surface area contributed by atoms with Crippen LogP contribution in [0.3, 0.4) is 0 Å². The summed E-state index contributed by atoms with van der Waals surface area (Å²) in [4.78, 5) is 96.8. The number of ether oxygens (including phenoxy) is 4. The van der Waals surface area contributed by atoms with Crippen LogP contribution in [-0.2, 0) is 76.8 Å². The molecule has 5 aromatic carbocycles. The van der Waals surface area contributed by atoms with Crippen LogP contribution in [0.15, 0.2) is 85.1 Å². The van der Waals surface area contributed by atoms with Crippen molar-refractivity contribution in [2.75, 3.05) is 191 Å². The van der Waals surface area contributed by atoms with Gasteiger partial charge >= 0.3 is 0 Å². The fraction of sp³-hybridized carbons (Fsp3) is 0.554. The number of aromatic amines is 3. The molecule has 130 heavy (non-hydrogen) atoms. The number of hydrogen-bond acceptors (Lipinski definition) is 25. The minimum atomic E-state index is 0.177. The first-order chi connectivity index (χ1) is 63.1. The molecule has 7 aromatic heterocycles. The van der Waals surface area contributed by atoms with Crippen molar-refractivity contribution in [3.8, 4) is 0 Å². The first-order valence-corrected chi connectivity index (χ1v) is 48.1. The van der Waals surface area contributed by atoms with Crippen LogP contribution in [0.4, 0.5) is 34.5 Å². The van der Waals surface area contributed by atoms with Gasteiger partial charge in [0, 0.05) is 175 Å². The number of pyridine rings is 3. The molecule has 704 valence electrons. The van der Waals surface area contributed by atoms with Gasteiger partial charge in [-0.25, -0.2) is 29.9 Å². The molecular weight excluding hydrogens is 1640 g/mol. The van der Waals surface area contributed by atoms with E-state index in [-0.39, 0.29) is 23.1 Å². The topological polar surface area (TPSA) is 371 Å². The number of rotatable bonds is 50. The number of unbranched alkanes of at least 4 members (excludes halogenated alkanes) is 8. The van der Waals surface area contributed by atoms with E-state index in [2.05, 4.69) is 191 Å². The Morgan fingerprint density at radius 2 is 0.862 bits per heavy atom. The van der Waals surface area contributed by atoms with Gasteiger partial charge in [-0.1, -0.05) is 103 Å². The number of nitrogens with zero attached hydrogens (tertiary/aromatic N) is 14. The molecule has 0 atom stereocenters. The quantitative estimate of drug-likeness (QED) is 0.0137. The summed E-state index contributed by atoms with van der Waals surface area (Å²) in [5, 5.41) is 11.4. The molecular formula is C101H147N21O8. The highest BCUT2D eigenvalue weighted by Gasteiger charge is 2.24. The van der Waals surface area contributed by atoms with Gasteiger partial charge in [-0.3, -0.25) is 33.7 Å². The van der Waals surface area contributed by atoms with E-state index < -0.39 is 0 Å². The van der Waals surface area contributed by atoms with Crippen molar-refractivity contribution < 1.29 is 38.1 Å². The van der Waals surface area contributed by atoms with Crippen LogP contribution in [0, 0.1) is 0 Å². The van der Waals surface area contributed by atoms with Gasteiger partial charge in [-0.15, -0.1) is 0 Å². The van der Waals surface area contributed by atoms with Crippen LogP contribution in [0.25, 0.3) is 87.5 Å². The maximum Gasteiger partial charge on any atom is 0.152 e. The summed E-state index contributed by atoms with van der Waals surface area (Å²) in [5.74, 6) is 5.25. The van der Waals surface area contributed by atoms with E-state index in [0.29, 0.717) is 96.0 Å². The van der Waals surface area contributed by atoms with E-state index in [9.17, 15) is 19.2 Å². The number of hydrogen-bond donors (Lipinski definition) is 7. The number of piperazine rings is 2. The number of anilines is 6. The summed E-state index contributed by atoms with van der Waals surface area (Å²) >= 11 is 0. The number of carbonyl (C=O) groups is 4.